The third kappa shape index (κ3) is 5.87. The number of carbonyl (C=O) groups is 1. The number of hydroxylamine groups is 1. The average molecular weight is 485 g/mol. The highest BCUT2D eigenvalue weighted by Gasteiger charge is 2.26. The maximum absolute atomic E-state index is 13.0. The second-order valence-corrected chi connectivity index (χ2v) is 10.7. The zero-order valence-electron chi connectivity index (χ0n) is 19.3. The molecule has 3 N–H and O–H groups in total. The van der Waals surface area contributed by atoms with Gasteiger partial charge in [-0.25, -0.2) is 13.9 Å². The molecule has 7 nitrogen and oxygen atoms in total. The van der Waals surface area contributed by atoms with E-state index in [1.165, 1.54) is 17.2 Å². The molecule has 8 heteroatoms. The van der Waals surface area contributed by atoms with Gasteiger partial charge in [0.2, 0.25) is 10.0 Å². The van der Waals surface area contributed by atoms with Crippen LogP contribution >= 0.6 is 0 Å². The molecule has 1 amide bonds. The topological polar surface area (TPSA) is 109 Å². The Balaban J connectivity index is 1.35. The highest BCUT2D eigenvalue weighted by molar-refractivity contribution is 7.89. The van der Waals surface area contributed by atoms with Gasteiger partial charge in [0.1, 0.15) is 17.4 Å². The first-order valence-electron chi connectivity index (χ1n) is 12.0. The van der Waals surface area contributed by atoms with Crippen LogP contribution in [0.1, 0.15) is 61.8 Å². The summed E-state index contributed by atoms with van der Waals surface area (Å²) >= 11 is 0. The summed E-state index contributed by atoms with van der Waals surface area (Å²) in [4.78, 5) is 12.2. The third-order valence-corrected chi connectivity index (χ3v) is 7.98. The monoisotopic (exact) mass is 484 g/mol. The Labute approximate surface area is 200 Å². The van der Waals surface area contributed by atoms with E-state index in [0.717, 1.165) is 62.5 Å². The van der Waals surface area contributed by atoms with Crippen molar-refractivity contribution in [1.29, 1.82) is 0 Å². The third-order valence-electron chi connectivity index (χ3n) is 6.51. The second-order valence-electron chi connectivity index (χ2n) is 8.96. The minimum absolute atomic E-state index is 0.0460. The van der Waals surface area contributed by atoms with Crippen molar-refractivity contribution < 1.29 is 22.8 Å². The molecule has 0 spiro atoms. The number of hydrogen-bond acceptors (Lipinski definition) is 5. The van der Waals surface area contributed by atoms with Crippen LogP contribution in [0.3, 0.4) is 0 Å². The summed E-state index contributed by atoms with van der Waals surface area (Å²) in [5.41, 5.74) is 4.61. The summed E-state index contributed by atoms with van der Waals surface area (Å²) < 4.78 is 34.4. The Morgan fingerprint density at radius 2 is 1.76 bits per heavy atom. The Morgan fingerprint density at radius 1 is 1.00 bits per heavy atom. The van der Waals surface area contributed by atoms with Crippen molar-refractivity contribution in [2.24, 2.45) is 0 Å². The minimum Gasteiger partial charge on any atom is -0.461 e. The van der Waals surface area contributed by atoms with Gasteiger partial charge in [0.25, 0.3) is 5.91 Å². The molecule has 1 aliphatic rings. The molecule has 1 aliphatic carbocycles. The van der Waals surface area contributed by atoms with Gasteiger partial charge in [-0.05, 0) is 56.2 Å². The van der Waals surface area contributed by atoms with Crippen LogP contribution in [0.25, 0.3) is 11.0 Å². The standard InChI is InChI=1S/C26H32N2O5S/c29-26(27-30)23(14-7-2-1-4-10-19-11-5-3-6-12-19)28-34(31,32)20-16-17-22-21-13-8-9-15-24(21)33-25(22)18-20/h3,5-6,11-12,16-18,23,28,30H,1-2,4,7-10,13-15H2,(H,27,29)/t23-/m0/s1. The highest BCUT2D eigenvalue weighted by atomic mass is 32.2. The number of sulfonamides is 1. The van der Waals surface area contributed by atoms with Gasteiger partial charge in [0.15, 0.2) is 0 Å². The predicted molar refractivity (Wildman–Crippen MR) is 130 cm³/mol. The van der Waals surface area contributed by atoms with E-state index in [9.17, 15) is 13.2 Å². The summed E-state index contributed by atoms with van der Waals surface area (Å²) in [6.07, 6.45) is 8.82. The number of aryl methyl sites for hydroxylation is 3. The van der Waals surface area contributed by atoms with E-state index in [0.29, 0.717) is 18.4 Å². The van der Waals surface area contributed by atoms with Gasteiger partial charge in [0.05, 0.1) is 4.90 Å². The predicted octanol–water partition coefficient (Wildman–Crippen LogP) is 4.66. The Morgan fingerprint density at radius 3 is 2.56 bits per heavy atom. The normalized spacial score (nSPS) is 14.6. The molecule has 2 aromatic carbocycles. The highest BCUT2D eigenvalue weighted by Crippen LogP contribution is 2.33. The lowest BCUT2D eigenvalue weighted by atomic mass is 9.96. The van der Waals surface area contributed by atoms with Gasteiger partial charge in [-0.1, -0.05) is 49.6 Å². The molecule has 0 unspecified atom stereocenters. The first-order chi connectivity index (χ1) is 16.5. The lowest BCUT2D eigenvalue weighted by Crippen LogP contribution is -2.45. The number of furan rings is 1. The van der Waals surface area contributed by atoms with Crippen LogP contribution in [-0.4, -0.2) is 25.6 Å². The molecule has 0 fully saturated rings. The van der Waals surface area contributed by atoms with Crippen LogP contribution in [0, 0.1) is 0 Å². The number of carbonyl (C=O) groups excluding carboxylic acids is 1. The van der Waals surface area contributed by atoms with Crippen molar-refractivity contribution in [1.82, 2.24) is 10.2 Å². The quantitative estimate of drug-likeness (QED) is 0.208. The Kier molecular flexibility index (Phi) is 8.03. The van der Waals surface area contributed by atoms with Crippen molar-refractivity contribution in [3.05, 3.63) is 65.4 Å². The first kappa shape index (κ1) is 24.4. The maximum atomic E-state index is 13.0. The molecule has 1 heterocycles. The summed E-state index contributed by atoms with van der Waals surface area (Å²) in [7, 11) is -3.97. The fourth-order valence-electron chi connectivity index (χ4n) is 4.66. The van der Waals surface area contributed by atoms with E-state index < -0.39 is 22.0 Å². The Hall–Kier alpha value is -2.68. The van der Waals surface area contributed by atoms with Crippen molar-refractivity contribution in [2.45, 2.75) is 75.1 Å². The molecule has 0 aliphatic heterocycles. The summed E-state index contributed by atoms with van der Waals surface area (Å²) in [6.45, 7) is 0. The molecule has 0 saturated carbocycles. The molecule has 0 saturated heterocycles. The smallest absolute Gasteiger partial charge is 0.261 e. The fourth-order valence-corrected chi connectivity index (χ4v) is 5.91. The lowest BCUT2D eigenvalue weighted by Gasteiger charge is -2.17. The van der Waals surface area contributed by atoms with Gasteiger partial charge in [-0.2, -0.15) is 4.72 Å². The van der Waals surface area contributed by atoms with Crippen LogP contribution in [-0.2, 0) is 34.1 Å². The van der Waals surface area contributed by atoms with Gasteiger partial charge < -0.3 is 4.42 Å². The number of unbranched alkanes of at least 4 members (excludes halogenated alkanes) is 3. The number of nitrogens with one attached hydrogen (secondary N) is 2. The van der Waals surface area contributed by atoms with E-state index in [2.05, 4.69) is 16.9 Å². The number of benzene rings is 2. The van der Waals surface area contributed by atoms with E-state index in [4.69, 9.17) is 9.62 Å². The van der Waals surface area contributed by atoms with Crippen molar-refractivity contribution in [3.63, 3.8) is 0 Å². The van der Waals surface area contributed by atoms with Crippen LogP contribution in [0.5, 0.6) is 0 Å². The van der Waals surface area contributed by atoms with Crippen LogP contribution in [0.4, 0.5) is 0 Å². The lowest BCUT2D eigenvalue weighted by molar-refractivity contribution is -0.131. The number of rotatable bonds is 11. The molecule has 4 rings (SSSR count). The second kappa shape index (κ2) is 11.2. The van der Waals surface area contributed by atoms with Gasteiger partial charge in [0, 0.05) is 23.4 Å². The van der Waals surface area contributed by atoms with E-state index in [1.807, 2.05) is 18.2 Å². The number of fused-ring (bicyclic) bond motifs is 3. The summed E-state index contributed by atoms with van der Waals surface area (Å²) in [6, 6.07) is 14.1. The summed E-state index contributed by atoms with van der Waals surface area (Å²) in [5, 5.41) is 10.1. The van der Waals surface area contributed by atoms with Gasteiger partial charge in [-0.3, -0.25) is 10.0 Å². The largest absolute Gasteiger partial charge is 0.461 e. The fraction of sp³-hybridized carbons (Fsp3) is 0.423. The molecule has 3 aromatic rings. The molecular formula is C26H32N2O5S. The molecule has 182 valence electrons. The van der Waals surface area contributed by atoms with E-state index in [1.54, 1.807) is 17.6 Å². The van der Waals surface area contributed by atoms with Crippen molar-refractivity contribution >= 4 is 26.9 Å². The van der Waals surface area contributed by atoms with Crippen molar-refractivity contribution in [3.8, 4) is 0 Å². The van der Waals surface area contributed by atoms with Crippen LogP contribution in [0.2, 0.25) is 0 Å². The zero-order valence-corrected chi connectivity index (χ0v) is 20.1. The Bertz CT molecular complexity index is 1220. The maximum Gasteiger partial charge on any atom is 0.261 e. The van der Waals surface area contributed by atoms with Gasteiger partial charge in [-0.15, -0.1) is 0 Å². The number of amides is 1. The van der Waals surface area contributed by atoms with E-state index >= 15 is 0 Å². The summed E-state index contributed by atoms with van der Waals surface area (Å²) in [5.74, 6) is 0.177. The zero-order chi connectivity index (χ0) is 24.0. The first-order valence-corrected chi connectivity index (χ1v) is 13.5. The molecule has 0 radical (unpaired) electrons. The van der Waals surface area contributed by atoms with Crippen LogP contribution in [0.15, 0.2) is 57.8 Å². The van der Waals surface area contributed by atoms with Gasteiger partial charge >= 0.3 is 0 Å². The molecular weight excluding hydrogens is 452 g/mol. The molecule has 1 aromatic heterocycles. The van der Waals surface area contributed by atoms with E-state index in [-0.39, 0.29) is 4.90 Å². The van der Waals surface area contributed by atoms with Crippen molar-refractivity contribution in [2.75, 3.05) is 0 Å². The average Bonchev–Trinajstić information content (AvgIpc) is 3.23. The molecule has 34 heavy (non-hydrogen) atoms. The SMILES string of the molecule is O=C(NO)[C@H](CCCCCCc1ccccc1)NS(=O)(=O)c1ccc2c3c(oc2c1)CCCC3. The molecule has 1 atom stereocenters. The van der Waals surface area contributed by atoms with Crippen LogP contribution < -0.4 is 10.2 Å². The minimum atomic E-state index is -3.97. The number of hydrogen-bond donors (Lipinski definition) is 3. The molecule has 0 bridgehead atoms.